The summed E-state index contributed by atoms with van der Waals surface area (Å²) in [5.74, 6) is -2.12. The highest BCUT2D eigenvalue weighted by Crippen LogP contribution is 2.15. The van der Waals surface area contributed by atoms with E-state index < -0.39 is 23.9 Å². The Balaban J connectivity index is 1.79. The smallest absolute Gasteiger partial charge is 0.337 e. The fourth-order valence-corrected chi connectivity index (χ4v) is 2.37. The zero-order valence-corrected chi connectivity index (χ0v) is 14.6. The molecule has 0 unspecified atom stereocenters. The molecule has 2 aromatic rings. The third-order valence-corrected chi connectivity index (χ3v) is 3.80. The number of aliphatic hydroxyl groups excluding tert-OH is 1. The first-order valence-corrected chi connectivity index (χ1v) is 7.99. The number of aromatic nitrogens is 1. The van der Waals surface area contributed by atoms with Gasteiger partial charge in [0.15, 0.2) is 0 Å². The van der Waals surface area contributed by atoms with Gasteiger partial charge in [0, 0.05) is 31.2 Å². The van der Waals surface area contributed by atoms with E-state index >= 15 is 0 Å². The average molecular weight is 359 g/mol. The average Bonchev–Trinajstić information content (AvgIpc) is 3.07. The van der Waals surface area contributed by atoms with Crippen molar-refractivity contribution in [2.45, 2.75) is 12.5 Å². The van der Waals surface area contributed by atoms with Crippen molar-refractivity contribution in [1.29, 1.82) is 0 Å². The lowest BCUT2D eigenvalue weighted by Gasteiger charge is -2.12. The molecule has 0 saturated carbocycles. The van der Waals surface area contributed by atoms with Gasteiger partial charge in [0.2, 0.25) is 0 Å². The quantitative estimate of drug-likeness (QED) is 0.526. The summed E-state index contributed by atoms with van der Waals surface area (Å²) in [6.45, 7) is 0.153. The van der Waals surface area contributed by atoms with Gasteiger partial charge in [-0.05, 0) is 42.8 Å². The van der Waals surface area contributed by atoms with Gasteiger partial charge in [-0.15, -0.1) is 0 Å². The maximum absolute atomic E-state index is 11.9. The molecular formula is C18H21N3O5. The van der Waals surface area contributed by atoms with Crippen LogP contribution in [0.15, 0.2) is 42.6 Å². The molecule has 0 aliphatic rings. The van der Waals surface area contributed by atoms with Gasteiger partial charge in [-0.25, -0.2) is 4.79 Å². The Morgan fingerprint density at radius 1 is 1.15 bits per heavy atom. The van der Waals surface area contributed by atoms with E-state index in [0.717, 1.165) is 5.69 Å². The topological polar surface area (TPSA) is 110 Å². The fraction of sp³-hybridized carbons (Fsp3) is 0.278. The highest BCUT2D eigenvalue weighted by molar-refractivity contribution is 6.39. The van der Waals surface area contributed by atoms with Crippen molar-refractivity contribution in [3.8, 4) is 0 Å². The predicted octanol–water partition coefficient (Wildman–Crippen LogP) is 0.990. The summed E-state index contributed by atoms with van der Waals surface area (Å²) in [6.07, 6.45) is 1.37. The van der Waals surface area contributed by atoms with Gasteiger partial charge in [0.25, 0.3) is 0 Å². The first-order chi connectivity index (χ1) is 12.4. The van der Waals surface area contributed by atoms with Crippen molar-refractivity contribution in [2.75, 3.05) is 19.0 Å². The first-order valence-electron chi connectivity index (χ1n) is 7.99. The molecule has 8 nitrogen and oxygen atoms in total. The van der Waals surface area contributed by atoms with Crippen LogP contribution in [0.5, 0.6) is 0 Å². The van der Waals surface area contributed by atoms with Crippen LogP contribution >= 0.6 is 0 Å². The second-order valence-corrected chi connectivity index (χ2v) is 5.63. The van der Waals surface area contributed by atoms with Crippen molar-refractivity contribution in [2.24, 2.45) is 7.05 Å². The zero-order chi connectivity index (χ0) is 19.1. The molecule has 3 N–H and O–H groups in total. The number of aryl methyl sites for hydroxylation is 1. The van der Waals surface area contributed by atoms with E-state index in [1.54, 1.807) is 10.6 Å². The van der Waals surface area contributed by atoms with Gasteiger partial charge in [-0.1, -0.05) is 0 Å². The van der Waals surface area contributed by atoms with Crippen LogP contribution in [0.2, 0.25) is 0 Å². The van der Waals surface area contributed by atoms with E-state index in [4.69, 9.17) is 0 Å². The normalized spacial score (nSPS) is 11.5. The van der Waals surface area contributed by atoms with Crippen molar-refractivity contribution in [3.05, 3.63) is 53.9 Å². The standard InChI is InChI=1S/C18H21N3O5/c1-21-11-3-4-14(21)15(22)9-10-19-16(23)17(24)20-13-7-5-12(6-8-13)18(25)26-2/h3-8,11,15,22H,9-10H2,1-2H3,(H,19,23)(H,20,24)/t15-/m1/s1. The maximum atomic E-state index is 11.9. The van der Waals surface area contributed by atoms with E-state index in [2.05, 4.69) is 15.4 Å². The van der Waals surface area contributed by atoms with Crippen molar-refractivity contribution >= 4 is 23.5 Å². The summed E-state index contributed by atoms with van der Waals surface area (Å²) in [4.78, 5) is 35.0. The highest BCUT2D eigenvalue weighted by atomic mass is 16.5. The van der Waals surface area contributed by atoms with Crippen LogP contribution in [0.4, 0.5) is 5.69 Å². The number of methoxy groups -OCH3 is 1. The number of esters is 1. The lowest BCUT2D eigenvalue weighted by Crippen LogP contribution is -2.36. The van der Waals surface area contributed by atoms with Crippen LogP contribution in [0, 0.1) is 0 Å². The van der Waals surface area contributed by atoms with Gasteiger partial charge in [0.1, 0.15) is 0 Å². The molecule has 1 heterocycles. The molecule has 0 aliphatic carbocycles. The van der Waals surface area contributed by atoms with Gasteiger partial charge in [0.05, 0.1) is 18.8 Å². The molecule has 0 fully saturated rings. The number of ether oxygens (including phenoxy) is 1. The molecule has 138 valence electrons. The van der Waals surface area contributed by atoms with Crippen LogP contribution in [0.1, 0.15) is 28.6 Å². The van der Waals surface area contributed by atoms with Crippen LogP contribution in [0.25, 0.3) is 0 Å². The molecule has 26 heavy (non-hydrogen) atoms. The summed E-state index contributed by atoms with van der Waals surface area (Å²) in [5.41, 5.74) is 1.45. The summed E-state index contributed by atoms with van der Waals surface area (Å²) >= 11 is 0. The Bertz CT molecular complexity index is 782. The number of rotatable bonds is 6. The van der Waals surface area contributed by atoms with Crippen LogP contribution in [0.3, 0.4) is 0 Å². The Hall–Kier alpha value is -3.13. The van der Waals surface area contributed by atoms with Crippen molar-refractivity contribution in [3.63, 3.8) is 0 Å². The summed E-state index contributed by atoms with van der Waals surface area (Å²) in [5, 5.41) is 14.9. The third-order valence-electron chi connectivity index (χ3n) is 3.80. The molecular weight excluding hydrogens is 338 g/mol. The molecule has 0 spiro atoms. The number of aliphatic hydroxyl groups is 1. The van der Waals surface area contributed by atoms with Gasteiger partial charge >= 0.3 is 17.8 Å². The molecule has 8 heteroatoms. The minimum absolute atomic E-state index is 0.153. The van der Waals surface area contributed by atoms with Gasteiger partial charge < -0.3 is 25.0 Å². The number of anilines is 1. The molecule has 0 aliphatic heterocycles. The number of carbonyl (C=O) groups excluding carboxylic acids is 3. The number of nitrogens with one attached hydrogen (secondary N) is 2. The summed E-state index contributed by atoms with van der Waals surface area (Å²) in [7, 11) is 3.09. The minimum atomic E-state index is -0.829. The maximum Gasteiger partial charge on any atom is 0.337 e. The van der Waals surface area contributed by atoms with Gasteiger partial charge in [-0.2, -0.15) is 0 Å². The van der Waals surface area contributed by atoms with E-state index in [-0.39, 0.29) is 13.0 Å². The lowest BCUT2D eigenvalue weighted by atomic mass is 10.2. The Kier molecular flexibility index (Phi) is 6.51. The minimum Gasteiger partial charge on any atom is -0.465 e. The molecule has 0 saturated heterocycles. The Labute approximate surface area is 150 Å². The van der Waals surface area contributed by atoms with Crippen molar-refractivity contribution < 1.29 is 24.2 Å². The Morgan fingerprint density at radius 3 is 2.42 bits per heavy atom. The molecule has 1 aromatic heterocycles. The zero-order valence-electron chi connectivity index (χ0n) is 14.6. The molecule has 0 bridgehead atoms. The van der Waals surface area contributed by atoms with Crippen molar-refractivity contribution in [1.82, 2.24) is 9.88 Å². The summed E-state index contributed by atoms with van der Waals surface area (Å²) < 4.78 is 6.37. The second-order valence-electron chi connectivity index (χ2n) is 5.63. The molecule has 1 aromatic carbocycles. The van der Waals surface area contributed by atoms with E-state index in [0.29, 0.717) is 11.3 Å². The number of benzene rings is 1. The molecule has 0 radical (unpaired) electrons. The molecule has 2 amide bonds. The monoisotopic (exact) mass is 359 g/mol. The van der Waals surface area contributed by atoms with Crippen LogP contribution < -0.4 is 10.6 Å². The SMILES string of the molecule is COC(=O)c1ccc(NC(=O)C(=O)NCC[C@@H](O)c2cccn2C)cc1. The molecule has 2 rings (SSSR count). The van der Waals surface area contributed by atoms with Crippen LogP contribution in [-0.4, -0.2) is 41.1 Å². The van der Waals surface area contributed by atoms with E-state index in [9.17, 15) is 19.5 Å². The number of hydrogen-bond acceptors (Lipinski definition) is 5. The predicted molar refractivity (Wildman–Crippen MR) is 94.4 cm³/mol. The number of hydrogen-bond donors (Lipinski definition) is 3. The highest BCUT2D eigenvalue weighted by Gasteiger charge is 2.15. The third kappa shape index (κ3) is 4.93. The first kappa shape index (κ1) is 19.2. The van der Waals surface area contributed by atoms with E-state index in [1.807, 2.05) is 19.3 Å². The number of nitrogens with zero attached hydrogens (tertiary/aromatic N) is 1. The molecule has 1 atom stereocenters. The number of amides is 2. The second kappa shape index (κ2) is 8.82. The summed E-state index contributed by atoms with van der Waals surface area (Å²) in [6, 6.07) is 9.56. The number of carbonyl (C=O) groups is 3. The van der Waals surface area contributed by atoms with Gasteiger partial charge in [-0.3, -0.25) is 9.59 Å². The van der Waals surface area contributed by atoms with E-state index in [1.165, 1.54) is 31.4 Å². The van der Waals surface area contributed by atoms with Crippen LogP contribution in [-0.2, 0) is 21.4 Å². The largest absolute Gasteiger partial charge is 0.465 e. The fourth-order valence-electron chi connectivity index (χ4n) is 2.37. The lowest BCUT2D eigenvalue weighted by molar-refractivity contribution is -0.136. The Morgan fingerprint density at radius 2 is 1.85 bits per heavy atom.